The summed E-state index contributed by atoms with van der Waals surface area (Å²) < 4.78 is 11.0. The van der Waals surface area contributed by atoms with Crippen LogP contribution in [0.25, 0.3) is 11.3 Å². The number of aryl methyl sites for hydroxylation is 2. The lowest BCUT2D eigenvalue weighted by Gasteiger charge is -2.11. The smallest absolute Gasteiger partial charge is 0.292 e. The van der Waals surface area contributed by atoms with E-state index >= 15 is 0 Å². The number of ether oxygens (including phenoxy) is 1. The third-order valence-electron chi connectivity index (χ3n) is 3.28. The molecule has 0 aliphatic heterocycles. The third-order valence-corrected chi connectivity index (χ3v) is 3.28. The Hall–Kier alpha value is -1.97. The average molecular weight is 260 g/mol. The molecule has 1 heterocycles. The SMILES string of the molecule is COc1cc(C)c(C)cc1-c1oc(N)nc1C(C)C. The lowest BCUT2D eigenvalue weighted by molar-refractivity contribution is 0.414. The summed E-state index contributed by atoms with van der Waals surface area (Å²) in [6.45, 7) is 8.25. The Morgan fingerprint density at radius 1 is 1.21 bits per heavy atom. The van der Waals surface area contributed by atoms with Crippen molar-refractivity contribution < 1.29 is 9.15 Å². The standard InChI is InChI=1S/C15H20N2O2/c1-8(2)13-14(19-15(16)17-13)11-6-9(3)10(4)7-12(11)18-5/h6-8H,1-5H3,(H2,16,17). The summed E-state index contributed by atoms with van der Waals surface area (Å²) in [5.74, 6) is 1.72. The van der Waals surface area contributed by atoms with Gasteiger partial charge >= 0.3 is 0 Å². The first kappa shape index (κ1) is 13.5. The first-order chi connectivity index (χ1) is 8.93. The van der Waals surface area contributed by atoms with Gasteiger partial charge in [0.2, 0.25) is 0 Å². The first-order valence-corrected chi connectivity index (χ1v) is 6.35. The Labute approximate surface area is 113 Å². The van der Waals surface area contributed by atoms with Gasteiger partial charge < -0.3 is 14.9 Å². The fraction of sp³-hybridized carbons (Fsp3) is 0.400. The van der Waals surface area contributed by atoms with Crippen LogP contribution in [0.3, 0.4) is 0 Å². The monoisotopic (exact) mass is 260 g/mol. The largest absolute Gasteiger partial charge is 0.496 e. The molecule has 1 aromatic heterocycles. The van der Waals surface area contributed by atoms with Crippen molar-refractivity contribution in [1.82, 2.24) is 4.98 Å². The highest BCUT2D eigenvalue weighted by atomic mass is 16.5. The number of nitrogens with two attached hydrogens (primary N) is 1. The number of nitrogen functional groups attached to an aromatic ring is 1. The van der Waals surface area contributed by atoms with E-state index in [1.807, 2.05) is 6.07 Å². The second-order valence-electron chi connectivity index (χ2n) is 5.06. The van der Waals surface area contributed by atoms with Crippen molar-refractivity contribution in [2.45, 2.75) is 33.6 Å². The van der Waals surface area contributed by atoms with E-state index in [0.29, 0.717) is 5.76 Å². The van der Waals surface area contributed by atoms with Crippen molar-refractivity contribution in [3.63, 3.8) is 0 Å². The van der Waals surface area contributed by atoms with Crippen LogP contribution >= 0.6 is 0 Å². The molecule has 0 aliphatic carbocycles. The number of nitrogens with zero attached hydrogens (tertiary/aromatic N) is 1. The lowest BCUT2D eigenvalue weighted by Crippen LogP contribution is -1.95. The molecule has 0 radical (unpaired) electrons. The fourth-order valence-electron chi connectivity index (χ4n) is 2.07. The summed E-state index contributed by atoms with van der Waals surface area (Å²) in [5.41, 5.74) is 9.82. The highest BCUT2D eigenvalue weighted by molar-refractivity contribution is 5.70. The van der Waals surface area contributed by atoms with Gasteiger partial charge in [-0.3, -0.25) is 0 Å². The van der Waals surface area contributed by atoms with Gasteiger partial charge in [-0.25, -0.2) is 0 Å². The van der Waals surface area contributed by atoms with Crippen molar-refractivity contribution in [2.75, 3.05) is 12.8 Å². The van der Waals surface area contributed by atoms with Crippen LogP contribution in [0.15, 0.2) is 16.5 Å². The maximum absolute atomic E-state index is 5.70. The molecule has 0 aliphatic rings. The molecule has 19 heavy (non-hydrogen) atoms. The van der Waals surface area contributed by atoms with Gasteiger partial charge in [-0.15, -0.1) is 0 Å². The predicted octanol–water partition coefficient (Wildman–Crippen LogP) is 3.67. The van der Waals surface area contributed by atoms with E-state index in [9.17, 15) is 0 Å². The summed E-state index contributed by atoms with van der Waals surface area (Å²) >= 11 is 0. The van der Waals surface area contributed by atoms with Gasteiger partial charge in [0.05, 0.1) is 18.4 Å². The number of benzene rings is 1. The minimum absolute atomic E-state index is 0.194. The van der Waals surface area contributed by atoms with E-state index in [0.717, 1.165) is 17.0 Å². The summed E-state index contributed by atoms with van der Waals surface area (Å²) in [7, 11) is 1.66. The zero-order chi connectivity index (χ0) is 14.2. The highest BCUT2D eigenvalue weighted by Gasteiger charge is 2.20. The zero-order valence-electron chi connectivity index (χ0n) is 12.1. The minimum atomic E-state index is 0.194. The van der Waals surface area contributed by atoms with Crippen LogP contribution in [0.5, 0.6) is 5.75 Å². The second-order valence-corrected chi connectivity index (χ2v) is 5.06. The molecule has 0 fully saturated rings. The number of hydrogen-bond donors (Lipinski definition) is 1. The van der Waals surface area contributed by atoms with Crippen LogP contribution < -0.4 is 10.5 Å². The predicted molar refractivity (Wildman–Crippen MR) is 76.5 cm³/mol. The van der Waals surface area contributed by atoms with E-state index in [1.54, 1.807) is 7.11 Å². The van der Waals surface area contributed by atoms with Crippen LogP contribution in [-0.2, 0) is 0 Å². The van der Waals surface area contributed by atoms with Crippen LogP contribution in [-0.4, -0.2) is 12.1 Å². The molecule has 2 aromatic rings. The summed E-state index contributed by atoms with van der Waals surface area (Å²) in [6.07, 6.45) is 0. The molecule has 4 nitrogen and oxygen atoms in total. The maximum Gasteiger partial charge on any atom is 0.292 e. The molecule has 0 atom stereocenters. The lowest BCUT2D eigenvalue weighted by atomic mass is 9.99. The molecule has 0 spiro atoms. The first-order valence-electron chi connectivity index (χ1n) is 6.35. The number of hydrogen-bond acceptors (Lipinski definition) is 4. The maximum atomic E-state index is 5.70. The fourth-order valence-corrected chi connectivity index (χ4v) is 2.07. The quantitative estimate of drug-likeness (QED) is 0.914. The highest BCUT2D eigenvalue weighted by Crippen LogP contribution is 2.38. The number of oxazole rings is 1. The Bertz CT molecular complexity index is 600. The van der Waals surface area contributed by atoms with E-state index in [1.165, 1.54) is 11.1 Å². The minimum Gasteiger partial charge on any atom is -0.496 e. The van der Waals surface area contributed by atoms with Crippen molar-refractivity contribution in [1.29, 1.82) is 0 Å². The summed E-state index contributed by atoms with van der Waals surface area (Å²) in [5, 5.41) is 0. The molecule has 0 saturated carbocycles. The molecule has 4 heteroatoms. The molecule has 2 N–H and O–H groups in total. The number of rotatable bonds is 3. The second kappa shape index (κ2) is 4.96. The van der Waals surface area contributed by atoms with Crippen molar-refractivity contribution >= 4 is 6.01 Å². The van der Waals surface area contributed by atoms with Crippen LogP contribution in [0.4, 0.5) is 6.01 Å². The Morgan fingerprint density at radius 3 is 2.42 bits per heavy atom. The molecule has 0 amide bonds. The Morgan fingerprint density at radius 2 is 1.84 bits per heavy atom. The average Bonchev–Trinajstić information content (AvgIpc) is 2.74. The molecule has 0 saturated heterocycles. The van der Waals surface area contributed by atoms with Crippen LogP contribution in [0.1, 0.15) is 36.6 Å². The van der Waals surface area contributed by atoms with E-state index < -0.39 is 0 Å². The molecule has 102 valence electrons. The van der Waals surface area contributed by atoms with E-state index in [2.05, 4.69) is 38.7 Å². The Kier molecular flexibility index (Phi) is 3.51. The summed E-state index contributed by atoms with van der Waals surface area (Å²) in [6, 6.07) is 4.26. The summed E-state index contributed by atoms with van der Waals surface area (Å²) in [4.78, 5) is 4.27. The number of methoxy groups -OCH3 is 1. The topological polar surface area (TPSA) is 61.3 Å². The molecule has 1 aromatic carbocycles. The molecular weight excluding hydrogens is 240 g/mol. The van der Waals surface area contributed by atoms with E-state index in [-0.39, 0.29) is 11.9 Å². The molecular formula is C15H20N2O2. The zero-order valence-corrected chi connectivity index (χ0v) is 12.1. The molecule has 0 bridgehead atoms. The Balaban J connectivity index is 2.67. The van der Waals surface area contributed by atoms with E-state index in [4.69, 9.17) is 14.9 Å². The van der Waals surface area contributed by atoms with Crippen molar-refractivity contribution in [3.05, 3.63) is 29.0 Å². The van der Waals surface area contributed by atoms with Gasteiger partial charge in [-0.1, -0.05) is 13.8 Å². The van der Waals surface area contributed by atoms with Crippen molar-refractivity contribution in [3.8, 4) is 17.1 Å². The number of anilines is 1. The van der Waals surface area contributed by atoms with Crippen molar-refractivity contribution in [2.24, 2.45) is 0 Å². The van der Waals surface area contributed by atoms with Gasteiger partial charge in [-0.05, 0) is 43.0 Å². The van der Waals surface area contributed by atoms with Gasteiger partial charge in [-0.2, -0.15) is 4.98 Å². The van der Waals surface area contributed by atoms with Gasteiger partial charge in [0.1, 0.15) is 5.75 Å². The van der Waals surface area contributed by atoms with Gasteiger partial charge in [0.15, 0.2) is 5.76 Å². The molecule has 2 rings (SSSR count). The van der Waals surface area contributed by atoms with Gasteiger partial charge in [0.25, 0.3) is 6.01 Å². The molecule has 0 unspecified atom stereocenters. The van der Waals surface area contributed by atoms with Crippen LogP contribution in [0.2, 0.25) is 0 Å². The number of aromatic nitrogens is 1. The normalized spacial score (nSPS) is 11.1. The van der Waals surface area contributed by atoms with Gasteiger partial charge in [0, 0.05) is 0 Å². The third kappa shape index (κ3) is 2.43. The van der Waals surface area contributed by atoms with Crippen LogP contribution in [0, 0.1) is 13.8 Å².